The lowest BCUT2D eigenvalue weighted by atomic mass is 9.87. The lowest BCUT2D eigenvalue weighted by Crippen LogP contribution is -2.36. The maximum atomic E-state index is 11.4. The van der Waals surface area contributed by atoms with Crippen molar-refractivity contribution in [1.82, 2.24) is 9.38 Å². The average molecular weight is 271 g/mol. The third-order valence-corrected chi connectivity index (χ3v) is 4.44. The highest BCUT2D eigenvalue weighted by molar-refractivity contribution is 5.83. The minimum atomic E-state index is 0.670. The van der Waals surface area contributed by atoms with E-state index < -0.39 is 0 Å². The van der Waals surface area contributed by atoms with Gasteiger partial charge in [-0.25, -0.2) is 4.98 Å². The average Bonchev–Trinajstić information content (AvgIpc) is 2.85. The monoisotopic (exact) mass is 271 g/mol. The van der Waals surface area contributed by atoms with E-state index in [1.54, 1.807) is 0 Å². The second kappa shape index (κ2) is 5.27. The molecule has 1 saturated heterocycles. The number of anilines is 1. The van der Waals surface area contributed by atoms with E-state index >= 15 is 0 Å². The van der Waals surface area contributed by atoms with E-state index in [0.29, 0.717) is 5.69 Å². The van der Waals surface area contributed by atoms with Crippen LogP contribution in [0.5, 0.6) is 0 Å². The zero-order valence-corrected chi connectivity index (χ0v) is 12.1. The summed E-state index contributed by atoms with van der Waals surface area (Å²) in [5.74, 6) is 2.38. The molecule has 1 aliphatic heterocycles. The molecule has 20 heavy (non-hydrogen) atoms. The highest BCUT2D eigenvalue weighted by atomic mass is 16.1. The fraction of sp³-hybridized carbons (Fsp3) is 0.500. The number of piperidine rings is 1. The molecule has 0 spiro atoms. The second-order valence-electron chi connectivity index (χ2n) is 5.94. The Kier molecular flexibility index (Phi) is 3.47. The zero-order chi connectivity index (χ0) is 14.1. The molecule has 4 nitrogen and oxygen atoms in total. The van der Waals surface area contributed by atoms with Gasteiger partial charge in [-0.1, -0.05) is 19.9 Å². The molecule has 0 atom stereocenters. The predicted molar refractivity (Wildman–Crippen MR) is 80.4 cm³/mol. The molecule has 0 aliphatic carbocycles. The van der Waals surface area contributed by atoms with Gasteiger partial charge < -0.3 is 4.90 Å². The minimum Gasteiger partial charge on any atom is -0.355 e. The van der Waals surface area contributed by atoms with E-state index in [1.165, 1.54) is 12.8 Å². The summed E-state index contributed by atoms with van der Waals surface area (Å²) in [6, 6.07) is 5.82. The van der Waals surface area contributed by atoms with Crippen molar-refractivity contribution < 1.29 is 4.79 Å². The molecule has 0 N–H and O–H groups in total. The van der Waals surface area contributed by atoms with Crippen LogP contribution in [0.4, 0.5) is 5.82 Å². The molecule has 1 aliphatic rings. The van der Waals surface area contributed by atoms with E-state index in [4.69, 9.17) is 0 Å². The number of imidazole rings is 1. The highest BCUT2D eigenvalue weighted by Crippen LogP contribution is 2.29. The summed E-state index contributed by atoms with van der Waals surface area (Å²) in [4.78, 5) is 18.3. The predicted octanol–water partition coefficient (Wildman–Crippen LogP) is 3.02. The highest BCUT2D eigenvalue weighted by Gasteiger charge is 2.25. The molecule has 0 amide bonds. The van der Waals surface area contributed by atoms with Gasteiger partial charge in [0, 0.05) is 19.3 Å². The normalized spacial score (nSPS) is 17.1. The van der Waals surface area contributed by atoms with Gasteiger partial charge in [0.05, 0.1) is 0 Å². The molecule has 0 unspecified atom stereocenters. The Morgan fingerprint density at radius 3 is 2.70 bits per heavy atom. The van der Waals surface area contributed by atoms with Crippen LogP contribution in [0, 0.1) is 11.8 Å². The van der Waals surface area contributed by atoms with E-state index in [2.05, 4.69) is 23.7 Å². The van der Waals surface area contributed by atoms with Gasteiger partial charge in [-0.2, -0.15) is 0 Å². The van der Waals surface area contributed by atoms with Crippen LogP contribution in [0.3, 0.4) is 0 Å². The Morgan fingerprint density at radius 2 is 2.05 bits per heavy atom. The molecule has 1 fully saturated rings. The lowest BCUT2D eigenvalue weighted by Gasteiger charge is -2.34. The molecule has 2 aromatic heterocycles. The van der Waals surface area contributed by atoms with Crippen molar-refractivity contribution in [3.8, 4) is 0 Å². The summed E-state index contributed by atoms with van der Waals surface area (Å²) in [7, 11) is 0. The number of pyridine rings is 1. The molecule has 4 heteroatoms. The SMILES string of the molecule is CC(C)C1CCN(c2nc3ccccn3c2C=O)CC1. The van der Waals surface area contributed by atoms with E-state index in [-0.39, 0.29) is 0 Å². The van der Waals surface area contributed by atoms with Gasteiger partial charge >= 0.3 is 0 Å². The maximum Gasteiger partial charge on any atom is 0.170 e. The maximum absolute atomic E-state index is 11.4. The Hall–Kier alpha value is -1.84. The molecular weight excluding hydrogens is 250 g/mol. The molecule has 0 aromatic carbocycles. The van der Waals surface area contributed by atoms with Crippen molar-refractivity contribution in [2.24, 2.45) is 11.8 Å². The quantitative estimate of drug-likeness (QED) is 0.805. The minimum absolute atomic E-state index is 0.670. The zero-order valence-electron chi connectivity index (χ0n) is 12.1. The fourth-order valence-electron chi connectivity index (χ4n) is 3.12. The van der Waals surface area contributed by atoms with E-state index in [1.807, 2.05) is 28.8 Å². The first-order valence-corrected chi connectivity index (χ1v) is 7.38. The van der Waals surface area contributed by atoms with Crippen LogP contribution in [0.1, 0.15) is 37.2 Å². The molecule has 0 saturated carbocycles. The number of aldehydes is 1. The first-order chi connectivity index (χ1) is 9.70. The van der Waals surface area contributed by atoms with Gasteiger partial charge in [0.2, 0.25) is 0 Å². The van der Waals surface area contributed by atoms with Crippen molar-refractivity contribution >= 4 is 17.8 Å². The largest absolute Gasteiger partial charge is 0.355 e. The van der Waals surface area contributed by atoms with Crippen molar-refractivity contribution in [1.29, 1.82) is 0 Å². The Morgan fingerprint density at radius 1 is 1.30 bits per heavy atom. The fourth-order valence-corrected chi connectivity index (χ4v) is 3.12. The summed E-state index contributed by atoms with van der Waals surface area (Å²) in [6.45, 7) is 6.57. The molecule has 106 valence electrons. The lowest BCUT2D eigenvalue weighted by molar-refractivity contribution is 0.111. The van der Waals surface area contributed by atoms with Crippen molar-refractivity contribution in [3.05, 3.63) is 30.1 Å². The number of carbonyl (C=O) groups is 1. The topological polar surface area (TPSA) is 37.6 Å². The van der Waals surface area contributed by atoms with Crippen LogP contribution in [0.15, 0.2) is 24.4 Å². The smallest absolute Gasteiger partial charge is 0.170 e. The number of fused-ring (bicyclic) bond motifs is 1. The van der Waals surface area contributed by atoms with Gasteiger partial charge in [-0.05, 0) is 36.8 Å². The van der Waals surface area contributed by atoms with Crippen LogP contribution in [0.25, 0.3) is 5.65 Å². The molecular formula is C16H21N3O. The summed E-state index contributed by atoms with van der Waals surface area (Å²) in [6.07, 6.45) is 5.19. The Bertz CT molecular complexity index is 609. The van der Waals surface area contributed by atoms with Gasteiger partial charge in [-0.15, -0.1) is 0 Å². The third-order valence-electron chi connectivity index (χ3n) is 4.44. The standard InChI is InChI=1S/C16H21N3O/c1-12(2)13-6-9-18(10-7-13)16-14(11-20)19-8-4-3-5-15(19)17-16/h3-5,8,11-13H,6-7,9-10H2,1-2H3. The van der Waals surface area contributed by atoms with Crippen LogP contribution >= 0.6 is 0 Å². The van der Waals surface area contributed by atoms with Crippen molar-refractivity contribution in [2.75, 3.05) is 18.0 Å². The third kappa shape index (κ3) is 2.19. The van der Waals surface area contributed by atoms with Crippen molar-refractivity contribution in [2.45, 2.75) is 26.7 Å². The Balaban J connectivity index is 1.89. The summed E-state index contributed by atoms with van der Waals surface area (Å²) >= 11 is 0. The number of hydrogen-bond donors (Lipinski definition) is 0. The van der Waals surface area contributed by atoms with Gasteiger partial charge in [0.15, 0.2) is 12.1 Å². The first kappa shape index (κ1) is 13.2. The van der Waals surface area contributed by atoms with Crippen molar-refractivity contribution in [3.63, 3.8) is 0 Å². The number of carbonyl (C=O) groups excluding carboxylic acids is 1. The molecule has 3 rings (SSSR count). The Labute approximate surface area is 119 Å². The van der Waals surface area contributed by atoms with Gasteiger partial charge in [-0.3, -0.25) is 9.20 Å². The van der Waals surface area contributed by atoms with Crippen LogP contribution in [-0.2, 0) is 0 Å². The van der Waals surface area contributed by atoms with E-state index in [9.17, 15) is 4.79 Å². The number of aromatic nitrogens is 2. The number of nitrogens with zero attached hydrogens (tertiary/aromatic N) is 3. The van der Waals surface area contributed by atoms with Crippen LogP contribution in [0.2, 0.25) is 0 Å². The molecule has 2 aromatic rings. The second-order valence-corrected chi connectivity index (χ2v) is 5.94. The summed E-state index contributed by atoms with van der Waals surface area (Å²) < 4.78 is 1.87. The molecule has 0 bridgehead atoms. The van der Waals surface area contributed by atoms with Gasteiger partial charge in [0.25, 0.3) is 0 Å². The molecule has 0 radical (unpaired) electrons. The summed E-state index contributed by atoms with van der Waals surface area (Å²) in [5.41, 5.74) is 1.51. The number of rotatable bonds is 3. The van der Waals surface area contributed by atoms with Gasteiger partial charge in [0.1, 0.15) is 11.3 Å². The van der Waals surface area contributed by atoms with Crippen LogP contribution < -0.4 is 4.90 Å². The summed E-state index contributed by atoms with van der Waals surface area (Å²) in [5, 5.41) is 0. The van der Waals surface area contributed by atoms with E-state index in [0.717, 1.165) is 42.7 Å². The first-order valence-electron chi connectivity index (χ1n) is 7.38. The van der Waals surface area contributed by atoms with Crippen LogP contribution in [-0.4, -0.2) is 28.8 Å². The molecule has 3 heterocycles. The number of hydrogen-bond acceptors (Lipinski definition) is 3.